The van der Waals surface area contributed by atoms with Crippen molar-refractivity contribution in [3.05, 3.63) is 23.8 Å². The van der Waals surface area contributed by atoms with Gasteiger partial charge in [0.25, 0.3) is 0 Å². The van der Waals surface area contributed by atoms with E-state index in [1.165, 1.54) is 0 Å². The zero-order valence-electron chi connectivity index (χ0n) is 9.67. The quantitative estimate of drug-likeness (QED) is 0.838. The Bertz CT molecular complexity index is 487. The fourth-order valence-electron chi connectivity index (χ4n) is 2.15. The molecule has 0 saturated carbocycles. The molecule has 94 valence electrons. The van der Waals surface area contributed by atoms with Crippen LogP contribution in [0.25, 0.3) is 0 Å². The number of sulfone groups is 1. The van der Waals surface area contributed by atoms with Gasteiger partial charge in [0.2, 0.25) is 0 Å². The lowest BCUT2D eigenvalue weighted by Crippen LogP contribution is -2.24. The molecular formula is C11H17N3O2S. The average Bonchev–Trinajstić information content (AvgIpc) is 2.28. The normalized spacial score (nSPS) is 23.5. The average molecular weight is 255 g/mol. The van der Waals surface area contributed by atoms with E-state index in [2.05, 4.69) is 9.97 Å². The SMILES string of the molecule is NCCc1nccc(C2CCCS(=O)(=O)C2)n1. The number of rotatable bonds is 3. The Kier molecular flexibility index (Phi) is 3.73. The van der Waals surface area contributed by atoms with E-state index in [0.717, 1.165) is 18.5 Å². The van der Waals surface area contributed by atoms with Crippen molar-refractivity contribution in [2.45, 2.75) is 25.2 Å². The molecule has 1 aromatic heterocycles. The Labute approximate surface area is 101 Å². The third kappa shape index (κ3) is 3.23. The maximum absolute atomic E-state index is 11.6. The van der Waals surface area contributed by atoms with Gasteiger partial charge in [0, 0.05) is 24.2 Å². The minimum atomic E-state index is -2.89. The molecular weight excluding hydrogens is 238 g/mol. The third-order valence-corrected chi connectivity index (χ3v) is 4.80. The summed E-state index contributed by atoms with van der Waals surface area (Å²) < 4.78 is 23.2. The lowest BCUT2D eigenvalue weighted by atomic mass is 10.0. The Balaban J connectivity index is 2.19. The zero-order valence-corrected chi connectivity index (χ0v) is 10.5. The molecule has 2 N–H and O–H groups in total. The second-order valence-electron chi connectivity index (χ2n) is 4.39. The van der Waals surface area contributed by atoms with Gasteiger partial charge in [-0.1, -0.05) is 0 Å². The van der Waals surface area contributed by atoms with Gasteiger partial charge >= 0.3 is 0 Å². The third-order valence-electron chi connectivity index (χ3n) is 2.98. The molecule has 0 spiro atoms. The smallest absolute Gasteiger partial charge is 0.150 e. The van der Waals surface area contributed by atoms with Gasteiger partial charge in [0.15, 0.2) is 9.84 Å². The molecule has 0 aromatic carbocycles. The fraction of sp³-hybridized carbons (Fsp3) is 0.636. The Morgan fingerprint density at radius 2 is 2.29 bits per heavy atom. The van der Waals surface area contributed by atoms with Gasteiger partial charge in [-0.25, -0.2) is 18.4 Å². The molecule has 5 nitrogen and oxygen atoms in total. The summed E-state index contributed by atoms with van der Waals surface area (Å²) in [7, 11) is -2.89. The molecule has 2 rings (SSSR count). The van der Waals surface area contributed by atoms with Crippen molar-refractivity contribution >= 4 is 9.84 Å². The van der Waals surface area contributed by atoms with Crippen molar-refractivity contribution in [3.63, 3.8) is 0 Å². The molecule has 6 heteroatoms. The van der Waals surface area contributed by atoms with Crippen molar-refractivity contribution in [2.24, 2.45) is 5.73 Å². The van der Waals surface area contributed by atoms with E-state index in [1.807, 2.05) is 6.07 Å². The summed E-state index contributed by atoms with van der Waals surface area (Å²) in [6.07, 6.45) is 3.93. The lowest BCUT2D eigenvalue weighted by Gasteiger charge is -2.21. The van der Waals surface area contributed by atoms with Crippen LogP contribution in [0.1, 0.15) is 30.3 Å². The largest absolute Gasteiger partial charge is 0.330 e. The molecule has 1 aliphatic heterocycles. The molecule has 0 aliphatic carbocycles. The van der Waals surface area contributed by atoms with E-state index in [4.69, 9.17) is 5.73 Å². The number of nitrogens with zero attached hydrogens (tertiary/aromatic N) is 2. The summed E-state index contributed by atoms with van der Waals surface area (Å²) in [6, 6.07) is 1.81. The highest BCUT2D eigenvalue weighted by Gasteiger charge is 2.26. The summed E-state index contributed by atoms with van der Waals surface area (Å²) in [4.78, 5) is 8.52. The highest BCUT2D eigenvalue weighted by Crippen LogP contribution is 2.26. The topological polar surface area (TPSA) is 85.9 Å². The maximum atomic E-state index is 11.6. The Morgan fingerprint density at radius 3 is 3.00 bits per heavy atom. The number of nitrogens with two attached hydrogens (primary N) is 1. The van der Waals surface area contributed by atoms with Gasteiger partial charge in [-0.3, -0.25) is 0 Å². The first-order chi connectivity index (χ1) is 8.11. The van der Waals surface area contributed by atoms with Crippen molar-refractivity contribution in [3.8, 4) is 0 Å². The molecule has 1 aliphatic rings. The second kappa shape index (κ2) is 5.10. The van der Waals surface area contributed by atoms with E-state index >= 15 is 0 Å². The number of hydrogen-bond donors (Lipinski definition) is 1. The number of hydrogen-bond acceptors (Lipinski definition) is 5. The molecule has 17 heavy (non-hydrogen) atoms. The van der Waals surface area contributed by atoms with Crippen molar-refractivity contribution in [1.82, 2.24) is 9.97 Å². The first kappa shape index (κ1) is 12.4. The lowest BCUT2D eigenvalue weighted by molar-refractivity contribution is 0.548. The monoisotopic (exact) mass is 255 g/mol. The Morgan fingerprint density at radius 1 is 1.47 bits per heavy atom. The van der Waals surface area contributed by atoms with Gasteiger partial charge in [-0.15, -0.1) is 0 Å². The summed E-state index contributed by atoms with van der Waals surface area (Å²) in [6.45, 7) is 0.506. The molecule has 1 fully saturated rings. The van der Waals surface area contributed by atoms with Crippen LogP contribution in [0, 0.1) is 0 Å². The number of aromatic nitrogens is 2. The van der Waals surface area contributed by atoms with Crippen LogP contribution in [0.4, 0.5) is 0 Å². The van der Waals surface area contributed by atoms with E-state index in [-0.39, 0.29) is 11.7 Å². The van der Waals surface area contributed by atoms with Crippen LogP contribution in [0.3, 0.4) is 0 Å². The standard InChI is InChI=1S/C11H17N3O2S/c12-5-3-11-13-6-4-10(14-11)9-2-1-7-17(15,16)8-9/h4,6,9H,1-3,5,7-8,12H2. The van der Waals surface area contributed by atoms with Crippen molar-refractivity contribution in [1.29, 1.82) is 0 Å². The van der Waals surface area contributed by atoms with Crippen molar-refractivity contribution in [2.75, 3.05) is 18.1 Å². The first-order valence-electron chi connectivity index (χ1n) is 5.83. The van der Waals surface area contributed by atoms with E-state index in [1.54, 1.807) is 6.20 Å². The predicted octanol–water partition coefficient (Wildman–Crippen LogP) is 0.270. The minimum absolute atomic E-state index is 0.0216. The van der Waals surface area contributed by atoms with Crippen LogP contribution >= 0.6 is 0 Å². The highest BCUT2D eigenvalue weighted by molar-refractivity contribution is 7.91. The summed E-state index contributed by atoms with van der Waals surface area (Å²) in [5.41, 5.74) is 6.30. The molecule has 1 aromatic rings. The summed E-state index contributed by atoms with van der Waals surface area (Å²) >= 11 is 0. The van der Waals surface area contributed by atoms with Gasteiger partial charge in [0.05, 0.1) is 11.5 Å². The molecule has 1 unspecified atom stereocenters. The molecule has 0 amide bonds. The van der Waals surface area contributed by atoms with E-state index < -0.39 is 9.84 Å². The first-order valence-corrected chi connectivity index (χ1v) is 7.65. The summed E-state index contributed by atoms with van der Waals surface area (Å²) in [5, 5.41) is 0. The Hall–Kier alpha value is -1.01. The molecule has 1 saturated heterocycles. The van der Waals surface area contributed by atoms with Gasteiger partial charge in [-0.2, -0.15) is 0 Å². The van der Waals surface area contributed by atoms with E-state index in [9.17, 15) is 8.42 Å². The fourth-order valence-corrected chi connectivity index (χ4v) is 3.87. The molecule has 2 heterocycles. The second-order valence-corrected chi connectivity index (χ2v) is 6.62. The van der Waals surface area contributed by atoms with Crippen LogP contribution in [0.5, 0.6) is 0 Å². The molecule has 0 radical (unpaired) electrons. The minimum Gasteiger partial charge on any atom is -0.330 e. The zero-order chi connectivity index (χ0) is 12.3. The summed E-state index contributed by atoms with van der Waals surface area (Å²) in [5.74, 6) is 1.25. The predicted molar refractivity (Wildman–Crippen MR) is 65.4 cm³/mol. The van der Waals surface area contributed by atoms with Crippen LogP contribution in [-0.2, 0) is 16.3 Å². The molecule has 0 bridgehead atoms. The van der Waals surface area contributed by atoms with Crippen LogP contribution in [0.15, 0.2) is 12.3 Å². The maximum Gasteiger partial charge on any atom is 0.150 e. The van der Waals surface area contributed by atoms with Gasteiger partial charge in [-0.05, 0) is 25.5 Å². The van der Waals surface area contributed by atoms with Gasteiger partial charge in [0.1, 0.15) is 5.82 Å². The van der Waals surface area contributed by atoms with Crippen LogP contribution in [0.2, 0.25) is 0 Å². The van der Waals surface area contributed by atoms with E-state index in [0.29, 0.717) is 24.5 Å². The van der Waals surface area contributed by atoms with Gasteiger partial charge < -0.3 is 5.73 Å². The highest BCUT2D eigenvalue weighted by atomic mass is 32.2. The van der Waals surface area contributed by atoms with Crippen LogP contribution in [-0.4, -0.2) is 36.4 Å². The van der Waals surface area contributed by atoms with Crippen LogP contribution < -0.4 is 5.73 Å². The molecule has 1 atom stereocenters. The van der Waals surface area contributed by atoms with Crippen molar-refractivity contribution < 1.29 is 8.42 Å².